The summed E-state index contributed by atoms with van der Waals surface area (Å²) < 4.78 is 0. The third-order valence-corrected chi connectivity index (χ3v) is 3.10. The summed E-state index contributed by atoms with van der Waals surface area (Å²) in [5.74, 6) is -0.409. The SMILES string of the molecule is CCC(NC(=O)C(C#N)c1ccccc1)c1ncc[nH]1. The van der Waals surface area contributed by atoms with Crippen LogP contribution in [0.15, 0.2) is 42.7 Å². The highest BCUT2D eigenvalue weighted by Gasteiger charge is 2.23. The zero-order valence-electron chi connectivity index (χ0n) is 11.2. The number of hydrogen-bond acceptors (Lipinski definition) is 3. The van der Waals surface area contributed by atoms with E-state index in [0.717, 1.165) is 0 Å². The second-order valence-corrected chi connectivity index (χ2v) is 4.42. The number of aromatic amines is 1. The summed E-state index contributed by atoms with van der Waals surface area (Å²) in [4.78, 5) is 19.4. The van der Waals surface area contributed by atoms with Crippen LogP contribution in [-0.4, -0.2) is 15.9 Å². The van der Waals surface area contributed by atoms with E-state index in [1.807, 2.05) is 25.1 Å². The first-order valence-corrected chi connectivity index (χ1v) is 6.50. The number of rotatable bonds is 5. The molecule has 0 aliphatic rings. The van der Waals surface area contributed by atoms with Crippen molar-refractivity contribution in [1.29, 1.82) is 5.26 Å². The van der Waals surface area contributed by atoms with E-state index in [0.29, 0.717) is 17.8 Å². The Morgan fingerprint density at radius 2 is 2.20 bits per heavy atom. The molecule has 0 aliphatic carbocycles. The van der Waals surface area contributed by atoms with Crippen molar-refractivity contribution in [3.05, 3.63) is 54.1 Å². The molecule has 20 heavy (non-hydrogen) atoms. The van der Waals surface area contributed by atoms with Gasteiger partial charge >= 0.3 is 0 Å². The molecule has 0 bridgehead atoms. The molecule has 0 saturated heterocycles. The van der Waals surface area contributed by atoms with Crippen LogP contribution < -0.4 is 5.32 Å². The fourth-order valence-corrected chi connectivity index (χ4v) is 2.02. The molecule has 1 aromatic heterocycles. The van der Waals surface area contributed by atoms with Crippen molar-refractivity contribution in [2.75, 3.05) is 0 Å². The number of benzene rings is 1. The number of carbonyl (C=O) groups excluding carboxylic acids is 1. The summed E-state index contributed by atoms with van der Waals surface area (Å²) >= 11 is 0. The topological polar surface area (TPSA) is 81.6 Å². The predicted octanol–water partition coefficient (Wildman–Crippen LogP) is 2.28. The highest BCUT2D eigenvalue weighted by atomic mass is 16.1. The zero-order chi connectivity index (χ0) is 14.4. The molecule has 2 aromatic rings. The summed E-state index contributed by atoms with van der Waals surface area (Å²) in [6.45, 7) is 1.96. The minimum Gasteiger partial charge on any atom is -0.347 e. The van der Waals surface area contributed by atoms with Crippen molar-refractivity contribution < 1.29 is 4.79 Å². The lowest BCUT2D eigenvalue weighted by atomic mass is 9.99. The van der Waals surface area contributed by atoms with Gasteiger partial charge in [0.2, 0.25) is 5.91 Å². The number of nitrogens with one attached hydrogen (secondary N) is 2. The number of aromatic nitrogens is 2. The fraction of sp³-hybridized carbons (Fsp3) is 0.267. The van der Waals surface area contributed by atoms with E-state index in [-0.39, 0.29) is 11.9 Å². The molecule has 1 aromatic carbocycles. The standard InChI is InChI=1S/C15H16N4O/c1-2-13(14-17-8-9-18-14)19-15(20)12(10-16)11-6-4-3-5-7-11/h3-9,12-13H,2H2,1H3,(H,17,18)(H,19,20). The molecule has 2 atom stereocenters. The molecule has 0 fully saturated rings. The number of amides is 1. The Kier molecular flexibility index (Phi) is 4.51. The third kappa shape index (κ3) is 3.04. The molecular weight excluding hydrogens is 252 g/mol. The molecule has 0 radical (unpaired) electrons. The Bertz CT molecular complexity index is 586. The maximum absolute atomic E-state index is 12.3. The van der Waals surface area contributed by atoms with Crippen LogP contribution in [0, 0.1) is 11.3 Å². The van der Waals surface area contributed by atoms with Gasteiger partial charge in [0.15, 0.2) is 0 Å². The molecule has 0 aliphatic heterocycles. The lowest BCUT2D eigenvalue weighted by molar-refractivity contribution is -0.122. The van der Waals surface area contributed by atoms with Gasteiger partial charge in [0, 0.05) is 12.4 Å². The first-order valence-electron chi connectivity index (χ1n) is 6.50. The van der Waals surface area contributed by atoms with E-state index >= 15 is 0 Å². The molecular formula is C15H16N4O. The molecule has 102 valence electrons. The molecule has 5 nitrogen and oxygen atoms in total. The first-order chi connectivity index (χ1) is 9.76. The summed E-state index contributed by atoms with van der Waals surface area (Å²) in [6, 6.07) is 10.9. The monoisotopic (exact) mass is 268 g/mol. The molecule has 2 unspecified atom stereocenters. The maximum atomic E-state index is 12.3. The van der Waals surface area contributed by atoms with Crippen molar-refractivity contribution >= 4 is 5.91 Å². The average molecular weight is 268 g/mol. The van der Waals surface area contributed by atoms with Gasteiger partial charge in [-0.1, -0.05) is 37.3 Å². The van der Waals surface area contributed by atoms with Crippen LogP contribution in [0.2, 0.25) is 0 Å². The predicted molar refractivity (Wildman–Crippen MR) is 74.6 cm³/mol. The van der Waals surface area contributed by atoms with Gasteiger partial charge in [-0.05, 0) is 12.0 Å². The number of nitrogens with zero attached hydrogens (tertiary/aromatic N) is 2. The van der Waals surface area contributed by atoms with Gasteiger partial charge in [-0.25, -0.2) is 4.98 Å². The first kappa shape index (κ1) is 13.8. The van der Waals surface area contributed by atoms with Crippen molar-refractivity contribution in [2.24, 2.45) is 0 Å². The van der Waals surface area contributed by atoms with Crippen molar-refractivity contribution in [1.82, 2.24) is 15.3 Å². The number of H-pyrrole nitrogens is 1. The van der Waals surface area contributed by atoms with Gasteiger partial charge in [-0.2, -0.15) is 5.26 Å². The second-order valence-electron chi connectivity index (χ2n) is 4.42. The Morgan fingerprint density at radius 3 is 2.75 bits per heavy atom. The number of carbonyl (C=O) groups is 1. The molecule has 1 amide bonds. The smallest absolute Gasteiger partial charge is 0.242 e. The highest BCUT2D eigenvalue weighted by molar-refractivity contribution is 5.86. The van der Waals surface area contributed by atoms with E-state index < -0.39 is 5.92 Å². The quantitative estimate of drug-likeness (QED) is 0.872. The summed E-state index contributed by atoms with van der Waals surface area (Å²) in [7, 11) is 0. The minimum absolute atomic E-state index is 0.211. The lowest BCUT2D eigenvalue weighted by Crippen LogP contribution is -2.32. The largest absolute Gasteiger partial charge is 0.347 e. The van der Waals surface area contributed by atoms with Crippen LogP contribution in [0.1, 0.15) is 36.7 Å². The number of imidazole rings is 1. The normalized spacial score (nSPS) is 13.2. The van der Waals surface area contributed by atoms with Gasteiger partial charge in [-0.3, -0.25) is 4.79 Å². The molecule has 0 saturated carbocycles. The molecule has 2 rings (SSSR count). The van der Waals surface area contributed by atoms with Crippen molar-refractivity contribution in [3.8, 4) is 6.07 Å². The van der Waals surface area contributed by atoms with Crippen molar-refractivity contribution in [2.45, 2.75) is 25.3 Å². The third-order valence-electron chi connectivity index (χ3n) is 3.10. The second kappa shape index (κ2) is 6.53. The van der Waals surface area contributed by atoms with Gasteiger partial charge in [0.25, 0.3) is 0 Å². The number of hydrogen-bond donors (Lipinski definition) is 2. The van der Waals surface area contributed by atoms with E-state index in [9.17, 15) is 10.1 Å². The van der Waals surface area contributed by atoms with Gasteiger partial charge < -0.3 is 10.3 Å². The van der Waals surface area contributed by atoms with Crippen LogP contribution >= 0.6 is 0 Å². The summed E-state index contributed by atoms with van der Waals surface area (Å²) in [5.41, 5.74) is 0.696. The maximum Gasteiger partial charge on any atom is 0.242 e. The Morgan fingerprint density at radius 1 is 1.45 bits per heavy atom. The van der Waals surface area contributed by atoms with E-state index in [4.69, 9.17) is 0 Å². The van der Waals surface area contributed by atoms with Crippen LogP contribution in [0.3, 0.4) is 0 Å². The molecule has 0 spiro atoms. The minimum atomic E-state index is -0.805. The number of nitriles is 1. The Balaban J connectivity index is 2.12. The van der Waals surface area contributed by atoms with Crippen LogP contribution in [0.25, 0.3) is 0 Å². The van der Waals surface area contributed by atoms with E-state index in [1.165, 1.54) is 0 Å². The Hall–Kier alpha value is -2.61. The molecule has 1 heterocycles. The van der Waals surface area contributed by atoms with Crippen LogP contribution in [0.5, 0.6) is 0 Å². The molecule has 5 heteroatoms. The van der Waals surface area contributed by atoms with E-state index in [1.54, 1.807) is 24.5 Å². The highest BCUT2D eigenvalue weighted by Crippen LogP contribution is 2.18. The average Bonchev–Trinajstić information content (AvgIpc) is 3.00. The zero-order valence-corrected chi connectivity index (χ0v) is 11.2. The summed E-state index contributed by atoms with van der Waals surface area (Å²) in [6.07, 6.45) is 4.05. The fourth-order valence-electron chi connectivity index (χ4n) is 2.02. The van der Waals surface area contributed by atoms with E-state index in [2.05, 4.69) is 21.4 Å². The molecule has 2 N–H and O–H groups in total. The van der Waals surface area contributed by atoms with Gasteiger partial charge in [0.1, 0.15) is 11.7 Å². The van der Waals surface area contributed by atoms with Crippen LogP contribution in [-0.2, 0) is 4.79 Å². The van der Waals surface area contributed by atoms with Crippen LogP contribution in [0.4, 0.5) is 0 Å². The summed E-state index contributed by atoms with van der Waals surface area (Å²) in [5, 5.41) is 12.1. The van der Waals surface area contributed by atoms with Gasteiger partial charge in [0.05, 0.1) is 12.1 Å². The lowest BCUT2D eigenvalue weighted by Gasteiger charge is -2.17. The Labute approximate surface area is 117 Å². The van der Waals surface area contributed by atoms with Gasteiger partial charge in [-0.15, -0.1) is 0 Å². The van der Waals surface area contributed by atoms with Crippen molar-refractivity contribution in [3.63, 3.8) is 0 Å².